The number of carboxylic acid groups (broad SMARTS) is 1. The number of rotatable bonds is 6. The molecule has 0 saturated carbocycles. The van der Waals surface area contributed by atoms with Gasteiger partial charge in [-0.1, -0.05) is 35.3 Å². The van der Waals surface area contributed by atoms with E-state index in [2.05, 4.69) is 0 Å². The number of hydrogen-bond donors (Lipinski definition) is 1. The van der Waals surface area contributed by atoms with Crippen molar-refractivity contribution >= 4 is 40.1 Å². The van der Waals surface area contributed by atoms with Gasteiger partial charge in [-0.15, -0.1) is 0 Å². The van der Waals surface area contributed by atoms with E-state index in [1.165, 1.54) is 6.07 Å². The van der Waals surface area contributed by atoms with Gasteiger partial charge in [0.05, 0.1) is 11.6 Å². The van der Waals surface area contributed by atoms with Crippen LogP contribution in [0.2, 0.25) is 10.0 Å². The Morgan fingerprint density at radius 3 is 2.58 bits per heavy atom. The Kier molecular flexibility index (Phi) is 5.90. The van der Waals surface area contributed by atoms with Crippen LogP contribution in [0.5, 0.6) is 5.75 Å². The van der Waals surface area contributed by atoms with Crippen molar-refractivity contribution in [3.63, 3.8) is 0 Å². The lowest BCUT2D eigenvalue weighted by atomic mass is 10.1. The minimum atomic E-state index is -0.979. The Hall–Kier alpha value is -3.02. The van der Waals surface area contributed by atoms with E-state index in [0.29, 0.717) is 26.7 Å². The van der Waals surface area contributed by atoms with E-state index in [-0.39, 0.29) is 18.2 Å². The molecule has 0 aliphatic heterocycles. The van der Waals surface area contributed by atoms with Crippen molar-refractivity contribution in [3.05, 3.63) is 99.4 Å². The number of aromatic carboxylic acids is 1. The highest BCUT2D eigenvalue weighted by atomic mass is 35.5. The van der Waals surface area contributed by atoms with Gasteiger partial charge in [0.2, 0.25) is 0 Å². The molecule has 4 nitrogen and oxygen atoms in total. The average Bonchev–Trinajstić information content (AvgIpc) is 3.17. The topological polar surface area (TPSA) is 51.5 Å². The van der Waals surface area contributed by atoms with E-state index < -0.39 is 11.8 Å². The molecule has 0 fully saturated rings. The first-order valence-corrected chi connectivity index (χ1v) is 10.3. The van der Waals surface area contributed by atoms with E-state index in [1.807, 2.05) is 23.8 Å². The maximum absolute atomic E-state index is 14.1. The Morgan fingerprint density at radius 2 is 1.84 bits per heavy atom. The van der Waals surface area contributed by atoms with Crippen LogP contribution < -0.4 is 4.74 Å². The summed E-state index contributed by atoms with van der Waals surface area (Å²) in [4.78, 5) is 11.5. The summed E-state index contributed by atoms with van der Waals surface area (Å²) in [5.41, 5.74) is 2.20. The van der Waals surface area contributed by atoms with Gasteiger partial charge >= 0.3 is 5.97 Å². The summed E-state index contributed by atoms with van der Waals surface area (Å²) in [6.45, 7) is 1.99. The number of nitrogens with zero attached hydrogens (tertiary/aromatic N) is 1. The van der Waals surface area contributed by atoms with Gasteiger partial charge in [-0.2, -0.15) is 0 Å². The maximum Gasteiger partial charge on any atom is 0.336 e. The molecular formula is C24H18Cl2FNO3. The maximum atomic E-state index is 14.1. The lowest BCUT2D eigenvalue weighted by Crippen LogP contribution is -2.09. The fraction of sp³-hybridized carbons (Fsp3) is 0.125. The molecule has 1 aromatic heterocycles. The molecule has 31 heavy (non-hydrogen) atoms. The van der Waals surface area contributed by atoms with E-state index in [0.717, 1.165) is 11.1 Å². The number of fused-ring (bicyclic) bond motifs is 1. The largest absolute Gasteiger partial charge is 0.488 e. The van der Waals surface area contributed by atoms with Gasteiger partial charge < -0.3 is 14.4 Å². The number of aromatic nitrogens is 1. The fourth-order valence-electron chi connectivity index (χ4n) is 3.63. The smallest absolute Gasteiger partial charge is 0.336 e. The van der Waals surface area contributed by atoms with Gasteiger partial charge in [-0.3, -0.25) is 0 Å². The fourth-order valence-corrected chi connectivity index (χ4v) is 3.97. The third kappa shape index (κ3) is 4.24. The number of halogens is 3. The van der Waals surface area contributed by atoms with Crippen LogP contribution in [0.1, 0.15) is 34.5 Å². The molecule has 0 spiro atoms. The minimum Gasteiger partial charge on any atom is -0.488 e. The summed E-state index contributed by atoms with van der Waals surface area (Å²) in [5, 5.41) is 11.0. The predicted molar refractivity (Wildman–Crippen MR) is 120 cm³/mol. The van der Waals surface area contributed by atoms with Crippen molar-refractivity contribution in [3.8, 4) is 5.75 Å². The highest BCUT2D eigenvalue weighted by Gasteiger charge is 2.19. The quantitative estimate of drug-likeness (QED) is 0.339. The first-order chi connectivity index (χ1) is 14.8. The van der Waals surface area contributed by atoms with Crippen molar-refractivity contribution in [2.75, 3.05) is 0 Å². The molecule has 158 valence electrons. The Morgan fingerprint density at radius 1 is 1.10 bits per heavy atom. The molecule has 0 bridgehead atoms. The van der Waals surface area contributed by atoms with Gasteiger partial charge in [0, 0.05) is 38.3 Å². The van der Waals surface area contributed by atoms with Crippen LogP contribution in [0, 0.1) is 5.82 Å². The van der Waals surface area contributed by atoms with Gasteiger partial charge in [-0.05, 0) is 55.5 Å². The Labute approximate surface area is 188 Å². The lowest BCUT2D eigenvalue weighted by molar-refractivity contribution is 0.0699. The highest BCUT2D eigenvalue weighted by Crippen LogP contribution is 2.34. The molecule has 7 heteroatoms. The molecule has 0 saturated heterocycles. The van der Waals surface area contributed by atoms with Crippen LogP contribution in [0.25, 0.3) is 10.9 Å². The van der Waals surface area contributed by atoms with Crippen molar-refractivity contribution < 1.29 is 19.0 Å². The molecular weight excluding hydrogens is 440 g/mol. The second-order valence-electron chi connectivity index (χ2n) is 7.15. The molecule has 0 aliphatic carbocycles. The van der Waals surface area contributed by atoms with Crippen LogP contribution in [-0.4, -0.2) is 15.6 Å². The molecule has 0 amide bonds. The second kappa shape index (κ2) is 8.61. The molecule has 0 radical (unpaired) electrons. The zero-order valence-electron chi connectivity index (χ0n) is 16.5. The van der Waals surface area contributed by atoms with Crippen LogP contribution in [0.4, 0.5) is 4.39 Å². The third-order valence-corrected chi connectivity index (χ3v) is 5.70. The number of carboxylic acids is 1. The Balaban J connectivity index is 1.69. The van der Waals surface area contributed by atoms with E-state index in [1.54, 1.807) is 48.5 Å². The van der Waals surface area contributed by atoms with Crippen molar-refractivity contribution in [2.45, 2.75) is 19.6 Å². The predicted octanol–water partition coefficient (Wildman–Crippen LogP) is 6.97. The summed E-state index contributed by atoms with van der Waals surface area (Å²) in [6.07, 6.45) is 1.84. The normalized spacial score (nSPS) is 12.1. The third-order valence-electron chi connectivity index (χ3n) is 5.23. The minimum absolute atomic E-state index is 0.0277. The van der Waals surface area contributed by atoms with Crippen LogP contribution >= 0.6 is 23.2 Å². The van der Waals surface area contributed by atoms with E-state index in [4.69, 9.17) is 27.9 Å². The molecule has 1 heterocycles. The zero-order valence-corrected chi connectivity index (χ0v) is 18.0. The van der Waals surface area contributed by atoms with Gasteiger partial charge in [-0.25, -0.2) is 9.18 Å². The standard InChI is InChI=1S/C24H18Cl2FNO3/c1-14(28-10-9-18-19(24(29)30)3-2-4-22(18)28)20-11-16(25)7-8-23(20)31-13-15-5-6-17(26)12-21(15)27/h2-12,14H,13H2,1H3,(H,29,30). The monoisotopic (exact) mass is 457 g/mol. The molecule has 3 aromatic carbocycles. The van der Waals surface area contributed by atoms with E-state index >= 15 is 0 Å². The summed E-state index contributed by atoms with van der Waals surface area (Å²) >= 11 is 12.1. The number of hydrogen-bond acceptors (Lipinski definition) is 2. The van der Waals surface area contributed by atoms with Gasteiger partial charge in [0.1, 0.15) is 18.2 Å². The van der Waals surface area contributed by atoms with Crippen LogP contribution in [-0.2, 0) is 6.61 Å². The van der Waals surface area contributed by atoms with Gasteiger partial charge in [0.15, 0.2) is 0 Å². The van der Waals surface area contributed by atoms with Crippen LogP contribution in [0.15, 0.2) is 66.9 Å². The summed E-state index contributed by atoms with van der Waals surface area (Å²) in [7, 11) is 0. The van der Waals surface area contributed by atoms with Crippen molar-refractivity contribution in [2.24, 2.45) is 0 Å². The highest BCUT2D eigenvalue weighted by molar-refractivity contribution is 6.30. The molecule has 1 N–H and O–H groups in total. The second-order valence-corrected chi connectivity index (χ2v) is 8.02. The SMILES string of the molecule is CC(c1cc(Cl)ccc1OCc1ccc(Cl)cc1F)n1ccc2c(C(=O)O)cccc21. The lowest BCUT2D eigenvalue weighted by Gasteiger charge is -2.20. The number of carbonyl (C=O) groups is 1. The first kappa shape index (κ1) is 21.2. The summed E-state index contributed by atoms with van der Waals surface area (Å²) in [6, 6.07) is 16.4. The van der Waals surface area contributed by atoms with Gasteiger partial charge in [0.25, 0.3) is 0 Å². The average molecular weight is 458 g/mol. The van der Waals surface area contributed by atoms with Crippen LogP contribution in [0.3, 0.4) is 0 Å². The Bertz CT molecular complexity index is 1290. The van der Waals surface area contributed by atoms with E-state index in [9.17, 15) is 14.3 Å². The molecule has 0 aliphatic rings. The number of ether oxygens (including phenoxy) is 1. The molecule has 4 rings (SSSR count). The molecule has 1 unspecified atom stereocenters. The van der Waals surface area contributed by atoms with Crippen molar-refractivity contribution in [1.29, 1.82) is 0 Å². The van der Waals surface area contributed by atoms with Crippen molar-refractivity contribution in [1.82, 2.24) is 4.57 Å². The molecule has 4 aromatic rings. The number of benzene rings is 3. The summed E-state index contributed by atoms with van der Waals surface area (Å²) in [5.74, 6) is -0.857. The zero-order chi connectivity index (χ0) is 22.1. The first-order valence-electron chi connectivity index (χ1n) is 9.54. The molecule has 1 atom stereocenters. The summed E-state index contributed by atoms with van der Waals surface area (Å²) < 4.78 is 22.0.